The van der Waals surface area contributed by atoms with Crippen molar-refractivity contribution in [1.29, 1.82) is 0 Å². The Hall–Kier alpha value is -1.64. The molecule has 2 heterocycles. The summed E-state index contributed by atoms with van der Waals surface area (Å²) in [6.45, 7) is 6.22. The lowest BCUT2D eigenvalue weighted by atomic mass is 9.96. The van der Waals surface area contributed by atoms with Crippen molar-refractivity contribution in [2.24, 2.45) is 10.9 Å². The lowest BCUT2D eigenvalue weighted by Crippen LogP contribution is -2.40. The van der Waals surface area contributed by atoms with Crippen LogP contribution < -0.4 is 10.0 Å². The van der Waals surface area contributed by atoms with Gasteiger partial charge in [-0.2, -0.15) is 0 Å². The van der Waals surface area contributed by atoms with Gasteiger partial charge < -0.3 is 10.2 Å². The number of amides is 1. The Morgan fingerprint density at radius 3 is 2.71 bits per heavy atom. The van der Waals surface area contributed by atoms with Gasteiger partial charge in [0, 0.05) is 31.6 Å². The topological polar surface area (TPSA) is 90.9 Å². The van der Waals surface area contributed by atoms with Gasteiger partial charge in [0.15, 0.2) is 0 Å². The molecule has 0 aromatic heterocycles. The third-order valence-corrected chi connectivity index (χ3v) is 6.53. The Balaban J connectivity index is 0.00000280. The van der Waals surface area contributed by atoms with E-state index in [4.69, 9.17) is 0 Å². The van der Waals surface area contributed by atoms with Gasteiger partial charge >= 0.3 is 0 Å². The molecule has 2 aliphatic heterocycles. The van der Waals surface area contributed by atoms with Gasteiger partial charge in [0.05, 0.1) is 4.90 Å². The van der Waals surface area contributed by atoms with Gasteiger partial charge in [-0.3, -0.25) is 14.5 Å². The number of fused-ring (bicyclic) bond motifs is 1. The minimum atomic E-state index is -3.50. The zero-order valence-corrected chi connectivity index (χ0v) is 17.8. The second kappa shape index (κ2) is 10.2. The molecule has 1 amide bonds. The van der Waals surface area contributed by atoms with Crippen LogP contribution in [0.15, 0.2) is 34.2 Å². The molecule has 0 radical (unpaired) electrons. The first kappa shape index (κ1) is 22.6. The number of benzene rings is 1. The zero-order chi connectivity index (χ0) is 19.3. The molecule has 9 heteroatoms. The van der Waals surface area contributed by atoms with Crippen molar-refractivity contribution in [3.8, 4) is 0 Å². The first-order valence-corrected chi connectivity index (χ1v) is 11.1. The maximum absolute atomic E-state index is 12.4. The van der Waals surface area contributed by atoms with Gasteiger partial charge in [0.1, 0.15) is 5.84 Å². The van der Waals surface area contributed by atoms with Gasteiger partial charge in [0.2, 0.25) is 5.91 Å². The highest BCUT2D eigenvalue weighted by molar-refractivity contribution is 7.90. The number of hydrogen-bond donors (Lipinski definition) is 2. The minimum Gasteiger partial charge on any atom is -0.343 e. The summed E-state index contributed by atoms with van der Waals surface area (Å²) in [5.41, 5.74) is 0.603. The zero-order valence-electron chi connectivity index (χ0n) is 16.2. The quantitative estimate of drug-likeness (QED) is 0.647. The largest absolute Gasteiger partial charge is 0.343 e. The highest BCUT2D eigenvalue weighted by Crippen LogP contribution is 2.22. The van der Waals surface area contributed by atoms with E-state index in [1.807, 2.05) is 4.90 Å². The SMILES string of the molecule is CCNCC1CCN(C(=O)CCCN=C2NS(=O)(=O)c3ccccc32)CC1.Cl. The van der Waals surface area contributed by atoms with Crippen LogP contribution >= 0.6 is 12.4 Å². The van der Waals surface area contributed by atoms with Gasteiger partial charge in [0.25, 0.3) is 10.0 Å². The average Bonchev–Trinajstić information content (AvgIpc) is 2.94. The van der Waals surface area contributed by atoms with Gasteiger partial charge in [-0.15, -0.1) is 12.4 Å². The molecule has 1 saturated heterocycles. The number of nitrogens with zero attached hydrogens (tertiary/aromatic N) is 2. The Bertz CT molecular complexity index is 805. The van der Waals surface area contributed by atoms with Gasteiger partial charge in [-0.1, -0.05) is 19.1 Å². The summed E-state index contributed by atoms with van der Waals surface area (Å²) in [6.07, 6.45) is 3.17. The molecule has 0 atom stereocenters. The number of halogens is 1. The smallest absolute Gasteiger partial charge is 0.263 e. The van der Waals surface area contributed by atoms with Gasteiger partial charge in [-0.25, -0.2) is 8.42 Å². The molecule has 28 heavy (non-hydrogen) atoms. The summed E-state index contributed by atoms with van der Waals surface area (Å²) in [7, 11) is -3.50. The predicted octanol–water partition coefficient (Wildman–Crippen LogP) is 1.78. The van der Waals surface area contributed by atoms with E-state index < -0.39 is 10.0 Å². The van der Waals surface area contributed by atoms with Crippen LogP contribution in [-0.4, -0.2) is 57.8 Å². The molecular formula is C19H29ClN4O3S. The molecule has 0 saturated carbocycles. The third kappa shape index (κ3) is 5.46. The van der Waals surface area contributed by atoms with Crippen LogP contribution in [0.4, 0.5) is 0 Å². The minimum absolute atomic E-state index is 0. The van der Waals surface area contributed by atoms with Crippen molar-refractivity contribution < 1.29 is 13.2 Å². The summed E-state index contributed by atoms with van der Waals surface area (Å²) in [4.78, 5) is 18.9. The number of sulfonamides is 1. The molecule has 1 aromatic carbocycles. The molecule has 156 valence electrons. The van der Waals surface area contributed by atoms with Crippen LogP contribution in [0.2, 0.25) is 0 Å². The molecule has 7 nitrogen and oxygen atoms in total. The first-order chi connectivity index (χ1) is 13.0. The monoisotopic (exact) mass is 428 g/mol. The summed E-state index contributed by atoms with van der Waals surface area (Å²) < 4.78 is 26.6. The standard InChI is InChI=1S/C19H28N4O3S.ClH/c1-2-20-14-15-9-12-23(13-10-15)18(24)8-5-11-21-19-16-6-3-4-7-17(16)27(25,26)22-19;/h3-4,6-7,15,20H,2,5,8-14H2,1H3,(H,21,22);1H. The molecule has 0 spiro atoms. The van der Waals surface area contributed by atoms with Crippen LogP contribution in [0, 0.1) is 5.92 Å². The number of hydrogen-bond acceptors (Lipinski definition) is 5. The molecule has 1 fully saturated rings. The summed E-state index contributed by atoms with van der Waals surface area (Å²) in [5.74, 6) is 1.21. The van der Waals surface area contributed by atoms with E-state index >= 15 is 0 Å². The van der Waals surface area contributed by atoms with Crippen LogP contribution in [0.25, 0.3) is 0 Å². The van der Waals surface area contributed by atoms with E-state index in [0.717, 1.165) is 39.0 Å². The summed E-state index contributed by atoms with van der Waals surface area (Å²) in [6, 6.07) is 6.80. The van der Waals surface area contributed by atoms with E-state index in [1.54, 1.807) is 24.3 Å². The second-order valence-electron chi connectivity index (χ2n) is 7.07. The number of amidine groups is 1. The number of aliphatic imine (C=N–C) groups is 1. The number of nitrogens with one attached hydrogen (secondary N) is 2. The van der Waals surface area contributed by atoms with Crippen LogP contribution in [0.1, 0.15) is 38.2 Å². The summed E-state index contributed by atoms with van der Waals surface area (Å²) in [5, 5.41) is 3.38. The molecular weight excluding hydrogens is 400 g/mol. The lowest BCUT2D eigenvalue weighted by Gasteiger charge is -2.32. The maximum atomic E-state index is 12.4. The lowest BCUT2D eigenvalue weighted by molar-refractivity contribution is -0.132. The van der Waals surface area contributed by atoms with E-state index in [0.29, 0.717) is 36.7 Å². The van der Waals surface area contributed by atoms with Crippen molar-refractivity contribution in [3.05, 3.63) is 29.8 Å². The van der Waals surface area contributed by atoms with E-state index in [2.05, 4.69) is 22.0 Å². The average molecular weight is 429 g/mol. The molecule has 1 aromatic rings. The fourth-order valence-electron chi connectivity index (χ4n) is 3.57. The van der Waals surface area contributed by atoms with Crippen molar-refractivity contribution in [2.45, 2.75) is 37.5 Å². The van der Waals surface area contributed by atoms with E-state index in [9.17, 15) is 13.2 Å². The van der Waals surface area contributed by atoms with Crippen molar-refractivity contribution in [2.75, 3.05) is 32.7 Å². The Morgan fingerprint density at radius 1 is 1.29 bits per heavy atom. The highest BCUT2D eigenvalue weighted by Gasteiger charge is 2.30. The van der Waals surface area contributed by atoms with Crippen LogP contribution in [0.5, 0.6) is 0 Å². The number of carbonyl (C=O) groups excluding carboxylic acids is 1. The van der Waals surface area contributed by atoms with E-state index in [1.165, 1.54) is 0 Å². The normalized spacial score (nSPS) is 19.8. The molecule has 0 aliphatic carbocycles. The first-order valence-electron chi connectivity index (χ1n) is 9.66. The Morgan fingerprint density at radius 2 is 2.00 bits per heavy atom. The predicted molar refractivity (Wildman–Crippen MR) is 112 cm³/mol. The van der Waals surface area contributed by atoms with E-state index in [-0.39, 0.29) is 23.2 Å². The number of carbonyl (C=O) groups is 1. The second-order valence-corrected chi connectivity index (χ2v) is 8.72. The van der Waals surface area contributed by atoms with Gasteiger partial charge in [-0.05, 0) is 50.4 Å². The Labute approximate surface area is 173 Å². The van der Waals surface area contributed by atoms with Crippen molar-refractivity contribution in [1.82, 2.24) is 14.9 Å². The number of piperidine rings is 1. The van der Waals surface area contributed by atoms with Crippen LogP contribution in [-0.2, 0) is 14.8 Å². The number of likely N-dealkylation sites (tertiary alicyclic amines) is 1. The van der Waals surface area contributed by atoms with Crippen LogP contribution in [0.3, 0.4) is 0 Å². The molecule has 2 aliphatic rings. The highest BCUT2D eigenvalue weighted by atomic mass is 35.5. The fraction of sp³-hybridized carbons (Fsp3) is 0.579. The maximum Gasteiger partial charge on any atom is 0.263 e. The molecule has 0 unspecified atom stereocenters. The Kier molecular flexibility index (Phi) is 8.27. The van der Waals surface area contributed by atoms with Crippen molar-refractivity contribution >= 4 is 34.2 Å². The fourth-order valence-corrected chi connectivity index (χ4v) is 4.82. The number of rotatable bonds is 7. The molecule has 0 bridgehead atoms. The van der Waals surface area contributed by atoms with Crippen molar-refractivity contribution in [3.63, 3.8) is 0 Å². The summed E-state index contributed by atoms with van der Waals surface area (Å²) >= 11 is 0. The molecule has 2 N–H and O–H groups in total. The third-order valence-electron chi connectivity index (χ3n) is 5.13. The molecule has 3 rings (SSSR count).